The van der Waals surface area contributed by atoms with Gasteiger partial charge in [-0.25, -0.2) is 17.9 Å². The highest BCUT2D eigenvalue weighted by Gasteiger charge is 2.07. The molecule has 0 aliphatic rings. The van der Waals surface area contributed by atoms with E-state index in [-0.39, 0.29) is 6.54 Å². The zero-order valence-electron chi connectivity index (χ0n) is 11.3. The lowest BCUT2D eigenvalue weighted by atomic mass is 10.1. The van der Waals surface area contributed by atoms with E-state index in [1.165, 1.54) is 13.2 Å². The number of methoxy groups -OCH3 is 1. The van der Waals surface area contributed by atoms with Crippen molar-refractivity contribution in [3.8, 4) is 0 Å². The lowest BCUT2D eigenvalue weighted by molar-refractivity contribution is -0.134. The Balaban J connectivity index is 2.71. The minimum Gasteiger partial charge on any atom is -0.466 e. The van der Waals surface area contributed by atoms with E-state index in [9.17, 15) is 13.2 Å². The molecule has 0 aliphatic heterocycles. The van der Waals surface area contributed by atoms with E-state index in [1.807, 2.05) is 0 Å². The summed E-state index contributed by atoms with van der Waals surface area (Å²) < 4.78 is 29.7. The molecule has 1 rings (SSSR count). The number of rotatable bonds is 7. The summed E-state index contributed by atoms with van der Waals surface area (Å²) in [5, 5.41) is 3.00. The first-order chi connectivity index (χ1) is 9.96. The van der Waals surface area contributed by atoms with E-state index >= 15 is 0 Å². The summed E-state index contributed by atoms with van der Waals surface area (Å²) >= 11 is 0. The van der Waals surface area contributed by atoms with Crippen LogP contribution in [-0.2, 0) is 26.1 Å². The number of nitrogens with zero attached hydrogens (tertiary/aromatic N) is 3. The number of sulfonamides is 1. The van der Waals surface area contributed by atoms with E-state index in [4.69, 9.17) is 5.53 Å². The van der Waals surface area contributed by atoms with Crippen molar-refractivity contribution in [3.63, 3.8) is 0 Å². The summed E-state index contributed by atoms with van der Waals surface area (Å²) in [6.07, 6.45) is 2.83. The molecule has 0 atom stereocenters. The van der Waals surface area contributed by atoms with Crippen molar-refractivity contribution in [1.29, 1.82) is 0 Å². The average molecular weight is 310 g/mol. The molecule has 0 radical (unpaired) electrons. The number of hydrogen-bond donors (Lipinski definition) is 1. The van der Waals surface area contributed by atoms with Gasteiger partial charge in [-0.15, -0.1) is 0 Å². The predicted molar refractivity (Wildman–Crippen MR) is 77.3 cm³/mol. The predicted octanol–water partition coefficient (Wildman–Crippen LogP) is 1.56. The number of carbonyl (C=O) groups is 1. The Bertz CT molecular complexity index is 678. The zero-order valence-corrected chi connectivity index (χ0v) is 12.1. The maximum Gasteiger partial charge on any atom is 0.330 e. The molecular weight excluding hydrogens is 296 g/mol. The van der Waals surface area contributed by atoms with Crippen LogP contribution in [0.4, 0.5) is 0 Å². The molecule has 0 fully saturated rings. The second-order valence-electron chi connectivity index (χ2n) is 3.90. The van der Waals surface area contributed by atoms with Crippen molar-refractivity contribution in [2.45, 2.75) is 6.54 Å². The van der Waals surface area contributed by atoms with E-state index in [2.05, 4.69) is 19.5 Å². The van der Waals surface area contributed by atoms with Gasteiger partial charge < -0.3 is 4.74 Å². The van der Waals surface area contributed by atoms with Gasteiger partial charge in [-0.3, -0.25) is 0 Å². The number of ether oxygens (including phenoxy) is 1. The molecule has 0 aromatic heterocycles. The maximum absolute atomic E-state index is 11.5. The maximum atomic E-state index is 11.5. The number of esters is 1. The second kappa shape index (κ2) is 8.05. The molecule has 0 saturated heterocycles. The summed E-state index contributed by atoms with van der Waals surface area (Å²) in [5.41, 5.74) is 9.53. The fraction of sp³-hybridized carbons (Fsp3) is 0.250. The summed E-state index contributed by atoms with van der Waals surface area (Å²) in [4.78, 5) is 13.4. The summed E-state index contributed by atoms with van der Waals surface area (Å²) in [6.45, 7) is 0.0587. The summed E-state index contributed by atoms with van der Waals surface area (Å²) in [5.74, 6) is -1.12. The highest BCUT2D eigenvalue weighted by Crippen LogP contribution is 2.07. The van der Waals surface area contributed by atoms with Crippen LogP contribution in [0, 0.1) is 0 Å². The quantitative estimate of drug-likeness (QED) is 0.270. The van der Waals surface area contributed by atoms with Crippen molar-refractivity contribution in [2.24, 2.45) is 5.11 Å². The monoisotopic (exact) mass is 310 g/mol. The molecule has 21 heavy (non-hydrogen) atoms. The van der Waals surface area contributed by atoms with Crippen LogP contribution in [0.3, 0.4) is 0 Å². The third-order valence-electron chi connectivity index (χ3n) is 2.35. The number of hydrogen-bond acceptors (Lipinski definition) is 5. The first-order valence-electron chi connectivity index (χ1n) is 5.80. The summed E-state index contributed by atoms with van der Waals surface area (Å²) in [7, 11) is -2.37. The van der Waals surface area contributed by atoms with Crippen molar-refractivity contribution in [2.75, 3.05) is 13.0 Å². The Morgan fingerprint density at radius 2 is 2.29 bits per heavy atom. The zero-order chi connectivity index (χ0) is 15.7. The molecule has 1 aromatic carbocycles. The first-order valence-corrected chi connectivity index (χ1v) is 7.45. The fourth-order valence-electron chi connectivity index (χ4n) is 1.38. The molecule has 112 valence electrons. The molecule has 8 nitrogen and oxygen atoms in total. The largest absolute Gasteiger partial charge is 0.466 e. The van der Waals surface area contributed by atoms with Gasteiger partial charge in [0.15, 0.2) is 0 Å². The van der Waals surface area contributed by atoms with Gasteiger partial charge >= 0.3 is 5.97 Å². The van der Waals surface area contributed by atoms with E-state index in [0.29, 0.717) is 5.56 Å². The molecule has 0 spiro atoms. The molecule has 0 unspecified atom stereocenters. The fourth-order valence-corrected chi connectivity index (χ4v) is 2.06. The van der Waals surface area contributed by atoms with Crippen molar-refractivity contribution >= 4 is 22.1 Å². The highest BCUT2D eigenvalue weighted by atomic mass is 32.2. The van der Waals surface area contributed by atoms with Gasteiger partial charge in [0.05, 0.1) is 7.11 Å². The van der Waals surface area contributed by atoms with Gasteiger partial charge in [-0.1, -0.05) is 29.4 Å². The van der Waals surface area contributed by atoms with Gasteiger partial charge in [0, 0.05) is 17.5 Å². The van der Waals surface area contributed by atoms with Crippen LogP contribution in [0.2, 0.25) is 0 Å². The van der Waals surface area contributed by atoms with Crippen molar-refractivity contribution in [1.82, 2.24) is 4.72 Å². The molecule has 0 aliphatic carbocycles. The Morgan fingerprint density at radius 3 is 2.95 bits per heavy atom. The van der Waals surface area contributed by atoms with E-state index < -0.39 is 21.9 Å². The van der Waals surface area contributed by atoms with Crippen LogP contribution in [0.15, 0.2) is 35.5 Å². The van der Waals surface area contributed by atoms with Crippen LogP contribution in [0.25, 0.3) is 16.5 Å². The van der Waals surface area contributed by atoms with Crippen LogP contribution in [0.1, 0.15) is 11.1 Å². The minimum absolute atomic E-state index is 0.0587. The van der Waals surface area contributed by atoms with Crippen LogP contribution >= 0.6 is 0 Å². The SMILES string of the molecule is COC(=O)/C=C/c1cccc(CNS(=O)(=O)CN=[N+]=[N-])c1. The van der Waals surface area contributed by atoms with Gasteiger partial charge in [0.25, 0.3) is 0 Å². The third kappa shape index (κ3) is 6.57. The van der Waals surface area contributed by atoms with Crippen LogP contribution in [0.5, 0.6) is 0 Å². The Labute approximate surface area is 122 Å². The highest BCUT2D eigenvalue weighted by molar-refractivity contribution is 7.89. The molecule has 1 aromatic rings. The number of carbonyl (C=O) groups excluding carboxylic acids is 1. The van der Waals surface area contributed by atoms with Crippen LogP contribution < -0.4 is 4.72 Å². The molecule has 0 saturated carbocycles. The summed E-state index contributed by atoms with van der Waals surface area (Å²) in [6, 6.07) is 6.94. The first kappa shape index (κ1) is 16.7. The Hall–Kier alpha value is -2.35. The lowest BCUT2D eigenvalue weighted by Gasteiger charge is -2.05. The smallest absolute Gasteiger partial charge is 0.330 e. The number of benzene rings is 1. The topological polar surface area (TPSA) is 121 Å². The van der Waals surface area contributed by atoms with Gasteiger partial charge in [0.1, 0.15) is 5.88 Å². The molecule has 9 heteroatoms. The molecular formula is C12H14N4O4S. The molecule has 1 N–H and O–H groups in total. The molecule has 0 bridgehead atoms. The van der Waals surface area contributed by atoms with Crippen molar-refractivity contribution in [3.05, 3.63) is 51.9 Å². The number of nitrogens with one attached hydrogen (secondary N) is 1. The van der Waals surface area contributed by atoms with Gasteiger partial charge in [-0.05, 0) is 22.7 Å². The van der Waals surface area contributed by atoms with Crippen molar-refractivity contribution < 1.29 is 17.9 Å². The van der Waals surface area contributed by atoms with E-state index in [1.54, 1.807) is 30.3 Å². The molecule has 0 heterocycles. The average Bonchev–Trinajstić information content (AvgIpc) is 2.49. The number of azide groups is 1. The van der Waals surface area contributed by atoms with E-state index in [0.717, 1.165) is 5.56 Å². The minimum atomic E-state index is -3.65. The molecule has 0 amide bonds. The van der Waals surface area contributed by atoms with Crippen LogP contribution in [-0.4, -0.2) is 27.4 Å². The lowest BCUT2D eigenvalue weighted by Crippen LogP contribution is -2.24. The van der Waals surface area contributed by atoms with Gasteiger partial charge in [-0.2, -0.15) is 0 Å². The third-order valence-corrected chi connectivity index (χ3v) is 3.39. The standard InChI is InChI=1S/C12H14N4O4S/c1-20-12(17)6-5-10-3-2-4-11(7-10)8-15-21(18,19)9-14-16-13/h2-7,15H,8-9H2,1H3/b6-5+. The van der Waals surface area contributed by atoms with Gasteiger partial charge in [0.2, 0.25) is 10.0 Å². The normalized spacial score (nSPS) is 11.1. The Kier molecular flexibility index (Phi) is 6.41. The Morgan fingerprint density at radius 1 is 1.52 bits per heavy atom. The second-order valence-corrected chi connectivity index (χ2v) is 5.67.